The summed E-state index contributed by atoms with van der Waals surface area (Å²) in [6.45, 7) is -0.166. The third-order valence-electron chi connectivity index (χ3n) is 3.13. The molecule has 0 unspecified atom stereocenters. The summed E-state index contributed by atoms with van der Waals surface area (Å²) >= 11 is 0. The lowest BCUT2D eigenvalue weighted by molar-refractivity contribution is 0.216. The maximum absolute atomic E-state index is 13.7. The number of para-hydroxylation sites is 1. The zero-order chi connectivity index (χ0) is 17.7. The lowest BCUT2D eigenvalue weighted by Crippen LogP contribution is -2.48. The third kappa shape index (κ3) is 3.70. The highest BCUT2D eigenvalue weighted by Crippen LogP contribution is 2.37. The molecule has 0 radical (unpaired) electrons. The van der Waals surface area contributed by atoms with Crippen molar-refractivity contribution in [1.82, 2.24) is 9.99 Å². The molecule has 24 heavy (non-hydrogen) atoms. The van der Waals surface area contributed by atoms with Gasteiger partial charge in [0.05, 0.1) is 7.11 Å². The van der Waals surface area contributed by atoms with Gasteiger partial charge in [0.15, 0.2) is 11.5 Å². The molecule has 0 aliphatic heterocycles. The highest BCUT2D eigenvalue weighted by atomic mass is 19.1. The standard InChI is InChI=1S/C15H18FN5O3/c1-20(17)15(22)21(18)12-6-3-7-13(23-2)14(12)24-9-11-10(16)5-4-8-19-11/h3-8H,9,17-18H2,1-2H3. The van der Waals surface area contributed by atoms with Crippen LogP contribution in [-0.4, -0.2) is 30.2 Å². The molecule has 0 aliphatic carbocycles. The molecule has 2 aromatic rings. The molecule has 8 nitrogen and oxygen atoms in total. The fourth-order valence-corrected chi connectivity index (χ4v) is 1.94. The minimum absolute atomic E-state index is 0.111. The highest BCUT2D eigenvalue weighted by Gasteiger charge is 2.21. The fourth-order valence-electron chi connectivity index (χ4n) is 1.94. The molecule has 0 fully saturated rings. The van der Waals surface area contributed by atoms with Crippen LogP contribution in [0.25, 0.3) is 0 Å². The Bertz CT molecular complexity index is 726. The number of methoxy groups -OCH3 is 1. The summed E-state index contributed by atoms with van der Waals surface area (Å²) in [6, 6.07) is 6.89. The van der Waals surface area contributed by atoms with Gasteiger partial charge >= 0.3 is 6.03 Å². The van der Waals surface area contributed by atoms with Crippen molar-refractivity contribution in [2.24, 2.45) is 11.7 Å². The van der Waals surface area contributed by atoms with Crippen molar-refractivity contribution in [2.75, 3.05) is 19.2 Å². The topological polar surface area (TPSA) is 107 Å². The number of rotatable bonds is 5. The van der Waals surface area contributed by atoms with E-state index in [0.717, 1.165) is 10.0 Å². The normalized spacial score (nSPS) is 10.2. The second-order valence-electron chi connectivity index (χ2n) is 4.79. The summed E-state index contributed by atoms with van der Waals surface area (Å²) in [7, 11) is 2.79. The number of hydrazine groups is 2. The van der Waals surface area contributed by atoms with Gasteiger partial charge in [-0.2, -0.15) is 0 Å². The maximum Gasteiger partial charge on any atom is 0.352 e. The van der Waals surface area contributed by atoms with Gasteiger partial charge in [0.1, 0.15) is 23.8 Å². The van der Waals surface area contributed by atoms with E-state index in [0.29, 0.717) is 5.75 Å². The quantitative estimate of drug-likeness (QED) is 0.486. The first-order chi connectivity index (χ1) is 11.5. The molecular weight excluding hydrogens is 317 g/mol. The molecule has 0 bridgehead atoms. The van der Waals surface area contributed by atoms with Crippen molar-refractivity contribution in [1.29, 1.82) is 0 Å². The number of ether oxygens (including phenoxy) is 2. The number of urea groups is 1. The summed E-state index contributed by atoms with van der Waals surface area (Å²) < 4.78 is 24.5. The molecule has 0 saturated carbocycles. The van der Waals surface area contributed by atoms with Crippen LogP contribution in [0.2, 0.25) is 0 Å². The van der Waals surface area contributed by atoms with Crippen molar-refractivity contribution < 1.29 is 18.7 Å². The molecule has 2 amide bonds. The third-order valence-corrected chi connectivity index (χ3v) is 3.13. The van der Waals surface area contributed by atoms with E-state index < -0.39 is 11.8 Å². The number of anilines is 1. The number of nitrogens with zero attached hydrogens (tertiary/aromatic N) is 3. The van der Waals surface area contributed by atoms with Gasteiger partial charge in [-0.25, -0.2) is 25.9 Å². The first-order valence-electron chi connectivity index (χ1n) is 6.92. The first kappa shape index (κ1) is 17.4. The Labute approximate surface area is 138 Å². The Morgan fingerprint density at radius 3 is 2.67 bits per heavy atom. The Kier molecular flexibility index (Phi) is 5.51. The predicted molar refractivity (Wildman–Crippen MR) is 85.5 cm³/mol. The number of hydrogen-bond donors (Lipinski definition) is 2. The number of amides is 2. The average Bonchev–Trinajstić information content (AvgIpc) is 2.59. The number of nitrogens with two attached hydrogens (primary N) is 2. The summed E-state index contributed by atoms with van der Waals surface area (Å²) in [5, 5.41) is 1.63. The molecule has 9 heteroatoms. The number of benzene rings is 1. The predicted octanol–water partition coefficient (Wildman–Crippen LogP) is 1.41. The second kappa shape index (κ2) is 7.57. The Morgan fingerprint density at radius 2 is 2.04 bits per heavy atom. The van der Waals surface area contributed by atoms with E-state index >= 15 is 0 Å². The van der Waals surface area contributed by atoms with Crippen molar-refractivity contribution in [3.05, 3.63) is 48.0 Å². The Morgan fingerprint density at radius 1 is 1.29 bits per heavy atom. The van der Waals surface area contributed by atoms with Gasteiger partial charge < -0.3 is 9.47 Å². The van der Waals surface area contributed by atoms with E-state index in [9.17, 15) is 9.18 Å². The number of halogens is 1. The SMILES string of the molecule is COc1cccc(N(N)C(=O)N(C)N)c1OCc1ncccc1F. The molecular formula is C15H18FN5O3. The number of carbonyl (C=O) groups excluding carboxylic acids is 1. The van der Waals surface area contributed by atoms with Crippen molar-refractivity contribution in [2.45, 2.75) is 6.61 Å². The molecule has 0 atom stereocenters. The monoisotopic (exact) mass is 335 g/mol. The van der Waals surface area contributed by atoms with Crippen LogP contribution in [-0.2, 0) is 6.61 Å². The van der Waals surface area contributed by atoms with Gasteiger partial charge in [0, 0.05) is 13.2 Å². The Hall–Kier alpha value is -2.91. The number of pyridine rings is 1. The summed E-state index contributed by atoms with van der Waals surface area (Å²) in [5.74, 6) is 11.2. The lowest BCUT2D eigenvalue weighted by atomic mass is 10.2. The summed E-state index contributed by atoms with van der Waals surface area (Å²) in [5.41, 5.74) is 0.327. The van der Waals surface area contributed by atoms with Crippen LogP contribution in [0.5, 0.6) is 11.5 Å². The van der Waals surface area contributed by atoms with E-state index in [1.54, 1.807) is 18.2 Å². The molecule has 128 valence electrons. The molecule has 4 N–H and O–H groups in total. The van der Waals surface area contributed by atoms with E-state index in [1.165, 1.54) is 32.5 Å². The van der Waals surface area contributed by atoms with E-state index in [4.69, 9.17) is 21.2 Å². The van der Waals surface area contributed by atoms with E-state index in [1.807, 2.05) is 0 Å². The minimum atomic E-state index is -0.669. The molecule has 0 spiro atoms. The zero-order valence-electron chi connectivity index (χ0n) is 13.3. The van der Waals surface area contributed by atoms with E-state index in [2.05, 4.69) is 4.98 Å². The van der Waals surface area contributed by atoms with Crippen LogP contribution in [0.1, 0.15) is 5.69 Å². The second-order valence-corrected chi connectivity index (χ2v) is 4.79. The maximum atomic E-state index is 13.7. The molecule has 0 saturated heterocycles. The molecule has 1 aromatic heterocycles. The number of carbonyl (C=O) groups is 1. The van der Waals surface area contributed by atoms with Gasteiger partial charge in [-0.15, -0.1) is 0 Å². The number of hydrogen-bond acceptors (Lipinski definition) is 6. The van der Waals surface area contributed by atoms with Gasteiger partial charge in [0.2, 0.25) is 0 Å². The van der Waals surface area contributed by atoms with Crippen LogP contribution < -0.4 is 26.2 Å². The first-order valence-corrected chi connectivity index (χ1v) is 6.92. The average molecular weight is 335 g/mol. The van der Waals surface area contributed by atoms with Crippen LogP contribution in [0, 0.1) is 5.82 Å². The van der Waals surface area contributed by atoms with Crippen molar-refractivity contribution >= 4 is 11.7 Å². The fraction of sp³-hybridized carbons (Fsp3) is 0.200. The van der Waals surface area contributed by atoms with Gasteiger partial charge in [-0.05, 0) is 24.3 Å². The van der Waals surface area contributed by atoms with Gasteiger partial charge in [-0.3, -0.25) is 9.99 Å². The van der Waals surface area contributed by atoms with Crippen LogP contribution in [0.3, 0.4) is 0 Å². The smallest absolute Gasteiger partial charge is 0.352 e. The molecule has 2 rings (SSSR count). The Balaban J connectivity index is 2.33. The largest absolute Gasteiger partial charge is 0.493 e. The molecule has 1 heterocycles. The number of aromatic nitrogens is 1. The zero-order valence-corrected chi connectivity index (χ0v) is 13.3. The van der Waals surface area contributed by atoms with Crippen LogP contribution >= 0.6 is 0 Å². The van der Waals surface area contributed by atoms with E-state index in [-0.39, 0.29) is 23.7 Å². The lowest BCUT2D eigenvalue weighted by Gasteiger charge is -2.24. The summed E-state index contributed by atoms with van der Waals surface area (Å²) in [4.78, 5) is 15.9. The van der Waals surface area contributed by atoms with Gasteiger partial charge in [-0.1, -0.05) is 6.07 Å². The molecule has 1 aromatic carbocycles. The van der Waals surface area contributed by atoms with Crippen LogP contribution in [0.15, 0.2) is 36.5 Å². The van der Waals surface area contributed by atoms with Gasteiger partial charge in [0.25, 0.3) is 0 Å². The van der Waals surface area contributed by atoms with Crippen molar-refractivity contribution in [3.8, 4) is 11.5 Å². The minimum Gasteiger partial charge on any atom is -0.493 e. The van der Waals surface area contributed by atoms with Crippen molar-refractivity contribution in [3.63, 3.8) is 0 Å². The highest BCUT2D eigenvalue weighted by molar-refractivity contribution is 5.92. The molecule has 0 aliphatic rings. The van der Waals surface area contributed by atoms with Crippen LogP contribution in [0.4, 0.5) is 14.9 Å². The summed E-state index contributed by atoms with van der Waals surface area (Å²) in [6.07, 6.45) is 1.45.